The highest BCUT2D eigenvalue weighted by Gasteiger charge is 2.21. The molecule has 2 rings (SSSR count). The summed E-state index contributed by atoms with van der Waals surface area (Å²) in [5, 5.41) is 3.15. The topological polar surface area (TPSA) is 38.3 Å². The molecule has 0 fully saturated rings. The van der Waals surface area contributed by atoms with E-state index in [1.165, 1.54) is 0 Å². The van der Waals surface area contributed by atoms with Gasteiger partial charge in [-0.3, -0.25) is 4.79 Å². The van der Waals surface area contributed by atoms with Crippen molar-refractivity contribution in [1.29, 1.82) is 0 Å². The maximum Gasteiger partial charge on any atom is 0.293 e. The van der Waals surface area contributed by atoms with E-state index in [1.807, 2.05) is 24.3 Å². The molecule has 1 aromatic carbocycles. The minimum absolute atomic E-state index is 0.112. The third-order valence-electron chi connectivity index (χ3n) is 2.01. The van der Waals surface area contributed by atoms with Gasteiger partial charge in [0.05, 0.1) is 6.54 Å². The summed E-state index contributed by atoms with van der Waals surface area (Å²) in [6, 6.07) is 7.83. The fourth-order valence-electron chi connectivity index (χ4n) is 1.44. The molecule has 12 heavy (non-hydrogen) atoms. The maximum atomic E-state index is 10.1. The van der Waals surface area contributed by atoms with Crippen LogP contribution in [0.3, 0.4) is 0 Å². The number of hydrogen-bond acceptors (Lipinski definition) is 3. The fourth-order valence-corrected chi connectivity index (χ4v) is 1.44. The molecule has 0 saturated carbocycles. The van der Waals surface area contributed by atoms with E-state index in [0.29, 0.717) is 13.0 Å². The van der Waals surface area contributed by atoms with E-state index in [9.17, 15) is 4.79 Å². The largest absolute Gasteiger partial charge is 0.458 e. The SMILES string of the molecule is O=COC1CNc2ccccc21. The van der Waals surface area contributed by atoms with Crippen LogP contribution in [0.5, 0.6) is 0 Å². The van der Waals surface area contributed by atoms with E-state index in [1.54, 1.807) is 0 Å². The zero-order valence-corrected chi connectivity index (χ0v) is 6.49. The van der Waals surface area contributed by atoms with Gasteiger partial charge in [-0.15, -0.1) is 0 Å². The minimum atomic E-state index is -0.112. The van der Waals surface area contributed by atoms with E-state index in [4.69, 9.17) is 4.74 Å². The lowest BCUT2D eigenvalue weighted by Gasteiger charge is -2.05. The first-order valence-corrected chi connectivity index (χ1v) is 3.83. The molecule has 0 radical (unpaired) electrons. The molecule has 1 N–H and O–H groups in total. The van der Waals surface area contributed by atoms with Crippen molar-refractivity contribution in [1.82, 2.24) is 0 Å². The third-order valence-corrected chi connectivity index (χ3v) is 2.01. The van der Waals surface area contributed by atoms with Crippen molar-refractivity contribution in [3.8, 4) is 0 Å². The lowest BCUT2D eigenvalue weighted by molar-refractivity contribution is -0.133. The highest BCUT2D eigenvalue weighted by atomic mass is 16.5. The van der Waals surface area contributed by atoms with Crippen LogP contribution in [0.25, 0.3) is 0 Å². The van der Waals surface area contributed by atoms with Gasteiger partial charge >= 0.3 is 0 Å². The molecule has 62 valence electrons. The van der Waals surface area contributed by atoms with Crippen LogP contribution in [0.15, 0.2) is 24.3 Å². The van der Waals surface area contributed by atoms with Crippen molar-refractivity contribution in [2.45, 2.75) is 6.10 Å². The summed E-state index contributed by atoms with van der Waals surface area (Å²) >= 11 is 0. The van der Waals surface area contributed by atoms with Gasteiger partial charge in [0.15, 0.2) is 0 Å². The molecule has 1 heterocycles. The minimum Gasteiger partial charge on any atom is -0.458 e. The highest BCUT2D eigenvalue weighted by molar-refractivity contribution is 5.57. The van der Waals surface area contributed by atoms with E-state index in [0.717, 1.165) is 11.3 Å². The zero-order valence-electron chi connectivity index (χ0n) is 6.49. The Hall–Kier alpha value is -1.51. The summed E-state index contributed by atoms with van der Waals surface area (Å²) in [5.74, 6) is 0. The molecule has 3 nitrogen and oxygen atoms in total. The summed E-state index contributed by atoms with van der Waals surface area (Å²) in [6.45, 7) is 1.17. The Labute approximate surface area is 70.3 Å². The van der Waals surface area contributed by atoms with Crippen molar-refractivity contribution in [3.63, 3.8) is 0 Å². The number of rotatable bonds is 2. The molecule has 1 aromatic rings. The Kier molecular flexibility index (Phi) is 1.70. The van der Waals surface area contributed by atoms with Gasteiger partial charge < -0.3 is 10.1 Å². The first-order chi connectivity index (χ1) is 5.92. The highest BCUT2D eigenvalue weighted by Crippen LogP contribution is 2.30. The molecule has 0 bridgehead atoms. The van der Waals surface area contributed by atoms with Gasteiger partial charge in [-0.25, -0.2) is 0 Å². The van der Waals surface area contributed by atoms with Crippen LogP contribution in [0.4, 0.5) is 5.69 Å². The van der Waals surface area contributed by atoms with Crippen molar-refractivity contribution in [2.75, 3.05) is 11.9 Å². The summed E-state index contributed by atoms with van der Waals surface area (Å²) in [4.78, 5) is 10.1. The first kappa shape index (κ1) is 7.16. The molecule has 3 heteroatoms. The molecule has 0 aromatic heterocycles. The van der Waals surface area contributed by atoms with Crippen LogP contribution in [0.1, 0.15) is 11.7 Å². The van der Waals surface area contributed by atoms with Crippen LogP contribution >= 0.6 is 0 Å². The molecule has 0 amide bonds. The Morgan fingerprint density at radius 3 is 3.17 bits per heavy atom. The quantitative estimate of drug-likeness (QED) is 0.668. The average molecular weight is 163 g/mol. The van der Waals surface area contributed by atoms with E-state index < -0.39 is 0 Å². The molecule has 0 saturated heterocycles. The second-order valence-corrected chi connectivity index (χ2v) is 2.69. The second-order valence-electron chi connectivity index (χ2n) is 2.69. The van der Waals surface area contributed by atoms with Gasteiger partial charge in [-0.05, 0) is 6.07 Å². The smallest absolute Gasteiger partial charge is 0.293 e. The number of anilines is 1. The number of hydrogen-bond donors (Lipinski definition) is 1. The van der Waals surface area contributed by atoms with Gasteiger partial charge in [0.1, 0.15) is 6.10 Å². The first-order valence-electron chi connectivity index (χ1n) is 3.83. The summed E-state index contributed by atoms with van der Waals surface area (Å²) in [5.41, 5.74) is 2.12. The van der Waals surface area contributed by atoms with Crippen LogP contribution in [-0.2, 0) is 9.53 Å². The van der Waals surface area contributed by atoms with E-state index in [-0.39, 0.29) is 6.10 Å². The molecular weight excluding hydrogens is 154 g/mol. The monoisotopic (exact) mass is 163 g/mol. The Morgan fingerprint density at radius 2 is 2.33 bits per heavy atom. The summed E-state index contributed by atoms with van der Waals surface area (Å²) in [6.07, 6.45) is -0.112. The van der Waals surface area contributed by atoms with Crippen molar-refractivity contribution >= 4 is 12.2 Å². The number of para-hydroxylation sites is 1. The van der Waals surface area contributed by atoms with Gasteiger partial charge in [-0.1, -0.05) is 18.2 Å². The Balaban J connectivity index is 2.29. The number of ether oxygens (including phenoxy) is 1. The number of fused-ring (bicyclic) bond motifs is 1. The summed E-state index contributed by atoms with van der Waals surface area (Å²) in [7, 11) is 0. The van der Waals surface area contributed by atoms with Gasteiger partial charge in [-0.2, -0.15) is 0 Å². The lowest BCUT2D eigenvalue weighted by atomic mass is 10.1. The predicted octanol–water partition coefficient (Wildman–Crippen LogP) is 1.33. The molecule has 0 spiro atoms. The lowest BCUT2D eigenvalue weighted by Crippen LogP contribution is -2.04. The average Bonchev–Trinajstić information content (AvgIpc) is 2.50. The molecule has 1 unspecified atom stereocenters. The standard InChI is InChI=1S/C9H9NO2/c11-6-12-9-5-10-8-4-2-1-3-7(8)9/h1-4,6,9-10H,5H2. The number of carbonyl (C=O) groups is 1. The van der Waals surface area contributed by atoms with Crippen LogP contribution < -0.4 is 5.32 Å². The second kappa shape index (κ2) is 2.85. The molecule has 1 atom stereocenters. The van der Waals surface area contributed by atoms with E-state index >= 15 is 0 Å². The number of nitrogens with one attached hydrogen (secondary N) is 1. The molecule has 1 aliphatic rings. The molecule has 1 aliphatic heterocycles. The van der Waals surface area contributed by atoms with Crippen LogP contribution in [0.2, 0.25) is 0 Å². The fraction of sp³-hybridized carbons (Fsp3) is 0.222. The van der Waals surface area contributed by atoms with Gasteiger partial charge in [0.25, 0.3) is 6.47 Å². The van der Waals surface area contributed by atoms with Crippen molar-refractivity contribution in [2.24, 2.45) is 0 Å². The Bertz CT molecular complexity index is 298. The van der Waals surface area contributed by atoms with Crippen LogP contribution in [-0.4, -0.2) is 13.0 Å². The zero-order chi connectivity index (χ0) is 8.39. The number of carbonyl (C=O) groups excluding carboxylic acids is 1. The number of benzene rings is 1. The molecule has 0 aliphatic carbocycles. The third kappa shape index (κ3) is 1.03. The van der Waals surface area contributed by atoms with Crippen molar-refractivity contribution in [3.05, 3.63) is 29.8 Å². The molecular formula is C9H9NO2. The normalized spacial score (nSPS) is 19.5. The van der Waals surface area contributed by atoms with Gasteiger partial charge in [0, 0.05) is 11.3 Å². The predicted molar refractivity (Wildman–Crippen MR) is 44.8 cm³/mol. The van der Waals surface area contributed by atoms with Crippen LogP contribution in [0, 0.1) is 0 Å². The Morgan fingerprint density at radius 1 is 1.50 bits per heavy atom. The van der Waals surface area contributed by atoms with Crippen molar-refractivity contribution < 1.29 is 9.53 Å². The maximum absolute atomic E-state index is 10.1. The van der Waals surface area contributed by atoms with E-state index in [2.05, 4.69) is 5.32 Å². The summed E-state index contributed by atoms with van der Waals surface area (Å²) < 4.78 is 4.89. The van der Waals surface area contributed by atoms with Gasteiger partial charge in [0.2, 0.25) is 0 Å².